The molecule has 0 amide bonds. The van der Waals surface area contributed by atoms with Crippen LogP contribution < -0.4 is 5.69 Å². The molecule has 2 fully saturated rings. The summed E-state index contributed by atoms with van der Waals surface area (Å²) in [6, 6.07) is 8.10. The molecule has 1 N–H and O–H groups in total. The third-order valence-corrected chi connectivity index (χ3v) is 6.75. The molecule has 2 heterocycles. The number of aromatic amines is 1. The topological polar surface area (TPSA) is 77.0 Å². The van der Waals surface area contributed by atoms with E-state index in [1.807, 2.05) is 12.1 Å². The summed E-state index contributed by atoms with van der Waals surface area (Å²) in [6.45, 7) is 1.23. The monoisotopic (exact) mass is 401 g/mol. The van der Waals surface area contributed by atoms with Gasteiger partial charge in [-0.1, -0.05) is 55.3 Å². The molecule has 1 aromatic carbocycles. The SMILES string of the molecule is O=C(CSc1n[nH]c(=O)n1C[C@H]1CCCO1)c1ccc(C2CCCCC2)cc1. The normalized spacial score (nSPS) is 20.5. The lowest BCUT2D eigenvalue weighted by Gasteiger charge is -2.22. The zero-order valence-electron chi connectivity index (χ0n) is 16.1. The van der Waals surface area contributed by atoms with E-state index in [1.54, 1.807) is 4.57 Å². The number of Topliss-reactive ketones (excluding diaryl/α,β-unsaturated/α-hetero) is 1. The third-order valence-electron chi connectivity index (χ3n) is 5.78. The highest BCUT2D eigenvalue weighted by atomic mass is 32.2. The second-order valence-electron chi connectivity index (χ2n) is 7.73. The molecule has 0 spiro atoms. The van der Waals surface area contributed by atoms with E-state index in [1.165, 1.54) is 49.4 Å². The highest BCUT2D eigenvalue weighted by Gasteiger charge is 2.20. The van der Waals surface area contributed by atoms with Crippen LogP contribution in [0, 0.1) is 0 Å². The minimum atomic E-state index is -0.248. The van der Waals surface area contributed by atoms with Gasteiger partial charge in [-0.25, -0.2) is 9.89 Å². The van der Waals surface area contributed by atoms with Crippen molar-refractivity contribution in [1.82, 2.24) is 14.8 Å². The molecule has 0 unspecified atom stereocenters. The van der Waals surface area contributed by atoms with E-state index in [2.05, 4.69) is 22.3 Å². The number of ether oxygens (including phenoxy) is 1. The van der Waals surface area contributed by atoms with Gasteiger partial charge in [0.2, 0.25) is 0 Å². The number of aromatic nitrogens is 3. The first kappa shape index (κ1) is 19.5. The average molecular weight is 402 g/mol. The van der Waals surface area contributed by atoms with Gasteiger partial charge in [-0.05, 0) is 37.2 Å². The molecule has 1 aliphatic heterocycles. The Morgan fingerprint density at radius 2 is 1.93 bits per heavy atom. The predicted molar refractivity (Wildman–Crippen MR) is 109 cm³/mol. The van der Waals surface area contributed by atoms with Crippen molar-refractivity contribution >= 4 is 17.5 Å². The number of carbonyl (C=O) groups is 1. The lowest BCUT2D eigenvalue weighted by Crippen LogP contribution is -2.25. The van der Waals surface area contributed by atoms with Crippen molar-refractivity contribution in [2.45, 2.75) is 68.7 Å². The Bertz CT molecular complexity index is 847. The van der Waals surface area contributed by atoms with Crippen LogP contribution in [-0.4, -0.2) is 39.0 Å². The molecule has 7 heteroatoms. The first-order valence-electron chi connectivity index (χ1n) is 10.2. The van der Waals surface area contributed by atoms with E-state index in [9.17, 15) is 9.59 Å². The summed E-state index contributed by atoms with van der Waals surface area (Å²) < 4.78 is 7.20. The van der Waals surface area contributed by atoms with E-state index in [0.717, 1.165) is 25.0 Å². The maximum Gasteiger partial charge on any atom is 0.344 e. The Hall–Kier alpha value is -1.86. The average Bonchev–Trinajstić information content (AvgIpc) is 3.38. The summed E-state index contributed by atoms with van der Waals surface area (Å²) in [5.74, 6) is 0.960. The highest BCUT2D eigenvalue weighted by Crippen LogP contribution is 2.32. The van der Waals surface area contributed by atoms with Crippen LogP contribution in [0.1, 0.15) is 66.8 Å². The molecule has 0 radical (unpaired) electrons. The Balaban J connectivity index is 1.36. The summed E-state index contributed by atoms with van der Waals surface area (Å²) in [4.78, 5) is 24.6. The number of ketones is 1. The van der Waals surface area contributed by atoms with Crippen molar-refractivity contribution in [3.05, 3.63) is 45.9 Å². The maximum absolute atomic E-state index is 12.6. The van der Waals surface area contributed by atoms with Gasteiger partial charge >= 0.3 is 5.69 Å². The van der Waals surface area contributed by atoms with Gasteiger partial charge in [0.1, 0.15) is 0 Å². The molecule has 150 valence electrons. The summed E-state index contributed by atoms with van der Waals surface area (Å²) in [5, 5.41) is 7.12. The molecule has 4 rings (SSSR count). The van der Waals surface area contributed by atoms with Crippen molar-refractivity contribution < 1.29 is 9.53 Å². The van der Waals surface area contributed by atoms with E-state index < -0.39 is 0 Å². The Kier molecular flexibility index (Phi) is 6.32. The van der Waals surface area contributed by atoms with Crippen LogP contribution in [0.2, 0.25) is 0 Å². The quantitative estimate of drug-likeness (QED) is 0.564. The summed E-state index contributed by atoms with van der Waals surface area (Å²) >= 11 is 1.30. The number of hydrogen-bond acceptors (Lipinski definition) is 5. The number of nitrogens with zero attached hydrogens (tertiary/aromatic N) is 2. The van der Waals surface area contributed by atoms with Gasteiger partial charge in [-0.15, -0.1) is 5.10 Å². The minimum Gasteiger partial charge on any atom is -0.376 e. The van der Waals surface area contributed by atoms with Crippen molar-refractivity contribution in [3.63, 3.8) is 0 Å². The first-order chi connectivity index (χ1) is 13.7. The fourth-order valence-corrected chi connectivity index (χ4v) is 5.01. The number of hydrogen-bond donors (Lipinski definition) is 1. The Morgan fingerprint density at radius 1 is 1.14 bits per heavy atom. The maximum atomic E-state index is 12.6. The molecule has 1 saturated heterocycles. The van der Waals surface area contributed by atoms with Gasteiger partial charge in [0, 0.05) is 12.2 Å². The van der Waals surface area contributed by atoms with Crippen LogP contribution in [0.15, 0.2) is 34.2 Å². The van der Waals surface area contributed by atoms with Crippen molar-refractivity contribution in [2.24, 2.45) is 0 Å². The molecule has 1 saturated carbocycles. The second kappa shape index (κ2) is 9.09. The minimum absolute atomic E-state index is 0.0534. The Morgan fingerprint density at radius 3 is 2.64 bits per heavy atom. The van der Waals surface area contributed by atoms with Gasteiger partial charge in [0.15, 0.2) is 10.9 Å². The van der Waals surface area contributed by atoms with Gasteiger partial charge in [0.25, 0.3) is 0 Å². The fraction of sp³-hybridized carbons (Fsp3) is 0.571. The van der Waals surface area contributed by atoms with Crippen LogP contribution in [0.25, 0.3) is 0 Å². The van der Waals surface area contributed by atoms with Gasteiger partial charge < -0.3 is 4.74 Å². The summed E-state index contributed by atoms with van der Waals surface area (Å²) in [5.41, 5.74) is 1.82. The predicted octanol–water partition coefficient (Wildman–Crippen LogP) is 3.77. The van der Waals surface area contributed by atoms with Crippen molar-refractivity contribution in [2.75, 3.05) is 12.4 Å². The first-order valence-corrected chi connectivity index (χ1v) is 11.2. The van der Waals surface area contributed by atoms with E-state index in [-0.39, 0.29) is 23.3 Å². The van der Waals surface area contributed by atoms with Crippen LogP contribution in [-0.2, 0) is 11.3 Å². The fourth-order valence-electron chi connectivity index (χ4n) is 4.16. The third kappa shape index (κ3) is 4.58. The number of benzene rings is 1. The molecule has 2 aromatic rings. The van der Waals surface area contributed by atoms with Crippen LogP contribution >= 0.6 is 11.8 Å². The largest absolute Gasteiger partial charge is 0.376 e. The van der Waals surface area contributed by atoms with Crippen molar-refractivity contribution in [3.8, 4) is 0 Å². The van der Waals surface area contributed by atoms with Gasteiger partial charge in [-0.2, -0.15) is 0 Å². The number of thioether (sulfide) groups is 1. The van der Waals surface area contributed by atoms with Crippen LogP contribution in [0.4, 0.5) is 0 Å². The number of H-pyrrole nitrogens is 1. The second-order valence-corrected chi connectivity index (χ2v) is 8.67. The molecule has 1 aromatic heterocycles. The lowest BCUT2D eigenvalue weighted by molar-refractivity contribution is 0.0941. The van der Waals surface area contributed by atoms with E-state index >= 15 is 0 Å². The molecule has 28 heavy (non-hydrogen) atoms. The zero-order valence-corrected chi connectivity index (χ0v) is 16.9. The summed E-state index contributed by atoms with van der Waals surface area (Å²) in [6.07, 6.45) is 8.49. The smallest absolute Gasteiger partial charge is 0.344 e. The lowest BCUT2D eigenvalue weighted by atomic mass is 9.84. The number of carbonyl (C=O) groups excluding carboxylic acids is 1. The van der Waals surface area contributed by atoms with E-state index in [0.29, 0.717) is 17.6 Å². The number of rotatable bonds is 7. The molecular formula is C21H27N3O3S. The molecule has 0 bridgehead atoms. The standard InChI is InChI=1S/C21H27N3O3S/c25-19(17-10-8-16(9-11-17)15-5-2-1-3-6-15)14-28-21-23-22-20(26)24(21)13-18-7-4-12-27-18/h8-11,15,18H,1-7,12-14H2,(H,22,26)/t18-/m1/s1. The molecule has 6 nitrogen and oxygen atoms in total. The van der Waals surface area contributed by atoms with Gasteiger partial charge in [-0.3, -0.25) is 9.36 Å². The zero-order chi connectivity index (χ0) is 19.3. The molecule has 1 atom stereocenters. The molecular weight excluding hydrogens is 374 g/mol. The number of nitrogens with one attached hydrogen (secondary N) is 1. The molecule has 1 aliphatic carbocycles. The van der Waals surface area contributed by atoms with Crippen LogP contribution in [0.5, 0.6) is 0 Å². The van der Waals surface area contributed by atoms with Crippen LogP contribution in [0.3, 0.4) is 0 Å². The molecule has 2 aliphatic rings. The van der Waals surface area contributed by atoms with E-state index in [4.69, 9.17) is 4.74 Å². The van der Waals surface area contributed by atoms with Crippen molar-refractivity contribution in [1.29, 1.82) is 0 Å². The Labute approximate surface area is 169 Å². The highest BCUT2D eigenvalue weighted by molar-refractivity contribution is 7.99. The summed E-state index contributed by atoms with van der Waals surface area (Å²) in [7, 11) is 0. The van der Waals surface area contributed by atoms with Gasteiger partial charge in [0.05, 0.1) is 18.4 Å².